The van der Waals surface area contributed by atoms with Crippen LogP contribution in [0.4, 0.5) is 13.2 Å². The average Bonchev–Trinajstić information content (AvgIpc) is 2.83. The van der Waals surface area contributed by atoms with Crippen LogP contribution in [0.1, 0.15) is 47.9 Å². The van der Waals surface area contributed by atoms with Gasteiger partial charge in [-0.25, -0.2) is 0 Å². The van der Waals surface area contributed by atoms with Crippen molar-refractivity contribution in [3.63, 3.8) is 0 Å². The highest BCUT2D eigenvalue weighted by molar-refractivity contribution is 6.08. The van der Waals surface area contributed by atoms with Crippen LogP contribution in [-0.2, 0) is 6.42 Å². The second kappa shape index (κ2) is 8.92. The lowest BCUT2D eigenvalue weighted by Gasteiger charge is -2.29. The first-order chi connectivity index (χ1) is 16.4. The third-order valence-electron chi connectivity index (χ3n) is 6.66. The number of halogens is 3. The first-order valence-corrected chi connectivity index (χ1v) is 11.3. The van der Waals surface area contributed by atoms with Crippen LogP contribution in [0.25, 0.3) is 32.0 Å². The molecule has 0 saturated heterocycles. The van der Waals surface area contributed by atoms with Crippen molar-refractivity contribution >= 4 is 21.5 Å². The average molecular weight is 461 g/mol. The van der Waals surface area contributed by atoms with E-state index in [1.54, 1.807) is 12.1 Å². The topological polar surface area (TPSA) is 58.0 Å². The summed E-state index contributed by atoms with van der Waals surface area (Å²) in [6.45, 7) is 0. The largest absolute Gasteiger partial charge is 0.573 e. The van der Waals surface area contributed by atoms with Gasteiger partial charge in [-0.15, -0.1) is 13.2 Å². The molecule has 2 atom stereocenters. The Labute approximate surface area is 194 Å². The fourth-order valence-electron chi connectivity index (χ4n) is 5.25. The molecule has 0 radical (unpaired) electrons. The molecule has 0 amide bonds. The van der Waals surface area contributed by atoms with E-state index in [4.69, 9.17) is 0 Å². The van der Waals surface area contributed by atoms with Crippen molar-refractivity contribution in [1.82, 2.24) is 0 Å². The standard InChI is InChI=1S/C27H22F3N3O/c28-27(29,30)34-21-12-8-18(9-13-21)25(32-33-31)16-20-6-3-5-19-11-14-23-22-7-2-1-4-17(22)10-15-24(23)26(19)20/h1-2,4,7-15,20,25H,3,5-6,16H2. The van der Waals surface area contributed by atoms with Crippen molar-refractivity contribution in [2.45, 2.75) is 44.0 Å². The highest BCUT2D eigenvalue weighted by Crippen LogP contribution is 2.44. The summed E-state index contributed by atoms with van der Waals surface area (Å²) < 4.78 is 41.5. The Hall–Kier alpha value is -3.70. The molecule has 4 aromatic carbocycles. The minimum atomic E-state index is -4.75. The van der Waals surface area contributed by atoms with Crippen LogP contribution in [0.3, 0.4) is 0 Å². The molecule has 0 bridgehead atoms. The smallest absolute Gasteiger partial charge is 0.406 e. The SMILES string of the molecule is [N-]=[N+]=NC(CC1CCCc2ccc3c(ccc4ccccc43)c21)c1ccc(OC(F)(F)F)cc1. The molecule has 1 aliphatic rings. The Morgan fingerprint density at radius 2 is 1.71 bits per heavy atom. The molecule has 4 aromatic rings. The predicted molar refractivity (Wildman–Crippen MR) is 127 cm³/mol. The van der Waals surface area contributed by atoms with Gasteiger partial charge in [-0.2, -0.15) is 0 Å². The zero-order chi connectivity index (χ0) is 23.7. The van der Waals surface area contributed by atoms with Gasteiger partial charge < -0.3 is 4.74 Å². The number of azide groups is 1. The molecule has 5 rings (SSSR count). The van der Waals surface area contributed by atoms with Crippen LogP contribution < -0.4 is 4.74 Å². The van der Waals surface area contributed by atoms with Gasteiger partial charge in [-0.3, -0.25) is 0 Å². The quantitative estimate of drug-likeness (QED) is 0.127. The molecule has 0 saturated carbocycles. The van der Waals surface area contributed by atoms with Gasteiger partial charge in [0.05, 0.1) is 6.04 Å². The third kappa shape index (κ3) is 4.39. The Morgan fingerprint density at radius 3 is 2.47 bits per heavy atom. The van der Waals surface area contributed by atoms with Gasteiger partial charge in [0.25, 0.3) is 0 Å². The molecule has 2 unspecified atom stereocenters. The van der Waals surface area contributed by atoms with Crippen LogP contribution in [0.15, 0.2) is 77.9 Å². The number of hydrogen-bond acceptors (Lipinski definition) is 2. The van der Waals surface area contributed by atoms with Crippen molar-refractivity contribution in [2.75, 3.05) is 0 Å². The monoisotopic (exact) mass is 461 g/mol. The van der Waals surface area contributed by atoms with Gasteiger partial charge in [0.1, 0.15) is 5.75 Å². The van der Waals surface area contributed by atoms with E-state index in [0.29, 0.717) is 12.0 Å². The molecular formula is C27H22F3N3O. The molecule has 0 heterocycles. The summed E-state index contributed by atoms with van der Waals surface area (Å²) in [5, 5.41) is 8.83. The zero-order valence-electron chi connectivity index (χ0n) is 18.3. The molecule has 0 aromatic heterocycles. The van der Waals surface area contributed by atoms with Crippen molar-refractivity contribution in [1.29, 1.82) is 0 Å². The van der Waals surface area contributed by atoms with E-state index < -0.39 is 12.4 Å². The Balaban J connectivity index is 1.51. The van der Waals surface area contributed by atoms with Crippen LogP contribution >= 0.6 is 0 Å². The zero-order valence-corrected chi connectivity index (χ0v) is 18.3. The van der Waals surface area contributed by atoms with Gasteiger partial charge in [0.15, 0.2) is 0 Å². The fraction of sp³-hybridized carbons (Fsp3) is 0.259. The van der Waals surface area contributed by atoms with E-state index >= 15 is 0 Å². The lowest BCUT2D eigenvalue weighted by Crippen LogP contribution is -2.17. The first kappa shape index (κ1) is 22.1. The van der Waals surface area contributed by atoms with Crippen LogP contribution in [0.2, 0.25) is 0 Å². The minimum Gasteiger partial charge on any atom is -0.406 e. The maximum atomic E-state index is 12.5. The summed E-state index contributed by atoms with van der Waals surface area (Å²) >= 11 is 0. The highest BCUT2D eigenvalue weighted by atomic mass is 19.4. The summed E-state index contributed by atoms with van der Waals surface area (Å²) in [7, 11) is 0. The molecule has 0 fully saturated rings. The molecule has 0 spiro atoms. The fourth-order valence-corrected chi connectivity index (χ4v) is 5.25. The number of nitrogens with zero attached hydrogens (tertiary/aromatic N) is 3. The van der Waals surface area contributed by atoms with Gasteiger partial charge in [-0.1, -0.05) is 65.8 Å². The lowest BCUT2D eigenvalue weighted by molar-refractivity contribution is -0.274. The molecule has 4 nitrogen and oxygen atoms in total. The normalized spacial score (nSPS) is 16.6. The number of rotatable bonds is 5. The maximum Gasteiger partial charge on any atom is 0.573 e. The van der Waals surface area contributed by atoms with Crippen molar-refractivity contribution in [3.05, 3.63) is 99.9 Å². The van der Waals surface area contributed by atoms with Crippen molar-refractivity contribution < 1.29 is 17.9 Å². The summed E-state index contributed by atoms with van der Waals surface area (Å²) in [6, 6.07) is 22.2. The molecule has 1 aliphatic carbocycles. The van der Waals surface area contributed by atoms with E-state index in [1.165, 1.54) is 44.8 Å². The third-order valence-corrected chi connectivity index (χ3v) is 6.66. The highest BCUT2D eigenvalue weighted by Gasteiger charge is 2.31. The summed E-state index contributed by atoms with van der Waals surface area (Å²) in [4.78, 5) is 3.03. The van der Waals surface area contributed by atoms with Crippen LogP contribution in [0.5, 0.6) is 5.75 Å². The minimum absolute atomic E-state index is 0.176. The number of aryl methyl sites for hydroxylation is 1. The molecule has 172 valence electrons. The van der Waals surface area contributed by atoms with E-state index in [2.05, 4.69) is 51.2 Å². The molecular weight excluding hydrogens is 439 g/mol. The first-order valence-electron chi connectivity index (χ1n) is 11.3. The van der Waals surface area contributed by atoms with Crippen molar-refractivity contribution in [3.8, 4) is 5.75 Å². The Morgan fingerprint density at radius 1 is 0.941 bits per heavy atom. The number of ether oxygens (including phenoxy) is 1. The summed E-state index contributed by atoms with van der Waals surface area (Å²) in [5.41, 5.74) is 12.5. The molecule has 34 heavy (non-hydrogen) atoms. The lowest BCUT2D eigenvalue weighted by atomic mass is 9.76. The molecule has 0 N–H and O–H groups in total. The van der Waals surface area contributed by atoms with Crippen LogP contribution in [-0.4, -0.2) is 6.36 Å². The van der Waals surface area contributed by atoms with Crippen molar-refractivity contribution in [2.24, 2.45) is 5.11 Å². The molecule has 7 heteroatoms. The van der Waals surface area contributed by atoms with Gasteiger partial charge in [0.2, 0.25) is 0 Å². The van der Waals surface area contributed by atoms with Gasteiger partial charge >= 0.3 is 6.36 Å². The number of alkyl halides is 3. The predicted octanol–water partition coefficient (Wildman–Crippen LogP) is 8.75. The number of benzene rings is 4. The summed E-state index contributed by atoms with van der Waals surface area (Å²) in [6.07, 6.45) is -1.15. The number of fused-ring (bicyclic) bond motifs is 5. The molecule has 0 aliphatic heterocycles. The Bertz CT molecular complexity index is 1390. The second-order valence-electron chi connectivity index (χ2n) is 8.68. The van der Waals surface area contributed by atoms with Gasteiger partial charge in [-0.05, 0) is 87.5 Å². The van der Waals surface area contributed by atoms with Crippen LogP contribution in [0, 0.1) is 0 Å². The Kier molecular flexibility index (Phi) is 5.80. The van der Waals surface area contributed by atoms with E-state index in [9.17, 15) is 18.7 Å². The van der Waals surface area contributed by atoms with E-state index in [-0.39, 0.29) is 11.7 Å². The second-order valence-corrected chi connectivity index (χ2v) is 8.68. The van der Waals surface area contributed by atoms with Gasteiger partial charge in [0, 0.05) is 4.91 Å². The maximum absolute atomic E-state index is 12.5. The van der Waals surface area contributed by atoms with E-state index in [0.717, 1.165) is 19.3 Å². The number of hydrogen-bond donors (Lipinski definition) is 0. The van der Waals surface area contributed by atoms with E-state index in [1.807, 2.05) is 12.1 Å². The summed E-state index contributed by atoms with van der Waals surface area (Å²) in [5.74, 6) is -0.118.